The minimum atomic E-state index is -0.716. The Hall–Kier alpha value is -3.55. The average Bonchev–Trinajstić information content (AvgIpc) is 2.80. The van der Waals surface area contributed by atoms with E-state index in [0.717, 1.165) is 21.1 Å². The van der Waals surface area contributed by atoms with Crippen molar-refractivity contribution in [1.82, 2.24) is 10.0 Å². The number of hydrogen-bond donors (Lipinski definition) is 0. The van der Waals surface area contributed by atoms with Gasteiger partial charge in [0.25, 0.3) is 0 Å². The number of amides is 2. The highest BCUT2D eigenvalue weighted by atomic mass is 16.6. The first-order chi connectivity index (χ1) is 15.0. The molecule has 166 valence electrons. The smallest absolute Gasteiger partial charge is 0.429 e. The number of esters is 1. The maximum absolute atomic E-state index is 12.7. The van der Waals surface area contributed by atoms with Gasteiger partial charge in [0.05, 0.1) is 6.61 Å². The Morgan fingerprint density at radius 3 is 1.81 bits per heavy atom. The zero-order chi connectivity index (χ0) is 22.5. The summed E-state index contributed by atoms with van der Waals surface area (Å²) in [5, 5.41) is 2.18. The fraction of sp³-hybridized carbons (Fsp3) is 0.348. The first-order valence-electron chi connectivity index (χ1n) is 10.1. The van der Waals surface area contributed by atoms with E-state index in [4.69, 9.17) is 14.2 Å². The molecule has 0 saturated heterocycles. The Balaban J connectivity index is 1.97. The second kappa shape index (κ2) is 12.9. The number of hydrazine groups is 1. The number of nitrogens with zero attached hydrogens (tertiary/aromatic N) is 2. The van der Waals surface area contributed by atoms with Crippen LogP contribution in [0.3, 0.4) is 0 Å². The van der Waals surface area contributed by atoms with Crippen molar-refractivity contribution in [2.45, 2.75) is 33.0 Å². The summed E-state index contributed by atoms with van der Waals surface area (Å²) in [7, 11) is 1.42. The van der Waals surface area contributed by atoms with E-state index < -0.39 is 12.2 Å². The summed E-state index contributed by atoms with van der Waals surface area (Å²) in [5.41, 5.74) is 1.64. The third-order valence-electron chi connectivity index (χ3n) is 4.30. The molecule has 0 bridgehead atoms. The molecule has 0 spiro atoms. The molecular formula is C23H28N2O6. The maximum atomic E-state index is 12.7. The molecular weight excluding hydrogens is 400 g/mol. The standard InChI is InChI=1S/C23H28N2O6/c1-3-29-21(26)15-10-16-25(23(28)31-18-20-13-8-5-9-14-20)24(2)22(27)30-17-19-11-6-4-7-12-19/h4-9,11-14H,3,10,15-18H2,1-2H3. The van der Waals surface area contributed by atoms with Crippen LogP contribution in [0.25, 0.3) is 0 Å². The molecule has 0 saturated carbocycles. The van der Waals surface area contributed by atoms with Crippen molar-refractivity contribution in [3.05, 3.63) is 71.8 Å². The van der Waals surface area contributed by atoms with Gasteiger partial charge in [-0.05, 0) is 24.5 Å². The van der Waals surface area contributed by atoms with Crippen molar-refractivity contribution in [3.8, 4) is 0 Å². The van der Waals surface area contributed by atoms with Crippen LogP contribution in [0.4, 0.5) is 9.59 Å². The first kappa shape index (κ1) is 23.7. The lowest BCUT2D eigenvalue weighted by Crippen LogP contribution is -2.48. The molecule has 0 aromatic heterocycles. The van der Waals surface area contributed by atoms with Crippen molar-refractivity contribution in [2.24, 2.45) is 0 Å². The minimum absolute atomic E-state index is 0.0565. The summed E-state index contributed by atoms with van der Waals surface area (Å²) >= 11 is 0. The van der Waals surface area contributed by atoms with Crippen molar-refractivity contribution in [2.75, 3.05) is 20.2 Å². The van der Waals surface area contributed by atoms with E-state index in [9.17, 15) is 14.4 Å². The lowest BCUT2D eigenvalue weighted by Gasteiger charge is -2.30. The zero-order valence-electron chi connectivity index (χ0n) is 17.9. The van der Waals surface area contributed by atoms with Gasteiger partial charge in [-0.25, -0.2) is 19.6 Å². The van der Waals surface area contributed by atoms with Gasteiger partial charge in [-0.3, -0.25) is 4.79 Å². The van der Waals surface area contributed by atoms with Crippen molar-refractivity contribution in [1.29, 1.82) is 0 Å². The van der Waals surface area contributed by atoms with Crippen LogP contribution < -0.4 is 0 Å². The molecule has 0 heterocycles. The Morgan fingerprint density at radius 1 is 0.774 bits per heavy atom. The van der Waals surface area contributed by atoms with Gasteiger partial charge in [-0.15, -0.1) is 0 Å². The summed E-state index contributed by atoms with van der Waals surface area (Å²) in [4.78, 5) is 36.8. The quantitative estimate of drug-likeness (QED) is 0.339. The number of benzene rings is 2. The highest BCUT2D eigenvalue weighted by Crippen LogP contribution is 2.10. The Morgan fingerprint density at radius 2 is 1.29 bits per heavy atom. The molecule has 0 aliphatic rings. The summed E-state index contributed by atoms with van der Waals surface area (Å²) in [5.74, 6) is -0.366. The molecule has 2 amide bonds. The third-order valence-corrected chi connectivity index (χ3v) is 4.30. The fourth-order valence-electron chi connectivity index (χ4n) is 2.68. The molecule has 2 aromatic carbocycles. The van der Waals surface area contributed by atoms with Crippen LogP contribution in [0.2, 0.25) is 0 Å². The Bertz CT molecular complexity index is 828. The molecule has 0 radical (unpaired) electrons. The number of ether oxygens (including phenoxy) is 3. The average molecular weight is 428 g/mol. The molecule has 8 nitrogen and oxygen atoms in total. The minimum Gasteiger partial charge on any atom is -0.466 e. The van der Waals surface area contributed by atoms with E-state index in [2.05, 4.69) is 0 Å². The molecule has 2 aromatic rings. The summed E-state index contributed by atoms with van der Waals surface area (Å²) in [6.07, 6.45) is -1.01. The fourth-order valence-corrected chi connectivity index (χ4v) is 2.68. The third kappa shape index (κ3) is 8.38. The highest BCUT2D eigenvalue weighted by molar-refractivity contribution is 5.74. The van der Waals surface area contributed by atoms with Crippen molar-refractivity contribution < 1.29 is 28.6 Å². The van der Waals surface area contributed by atoms with Gasteiger partial charge < -0.3 is 14.2 Å². The molecule has 0 unspecified atom stereocenters. The normalized spacial score (nSPS) is 10.1. The number of carbonyl (C=O) groups excluding carboxylic acids is 3. The first-order valence-corrected chi connectivity index (χ1v) is 10.1. The summed E-state index contributed by atoms with van der Waals surface area (Å²) in [6, 6.07) is 18.4. The van der Waals surface area contributed by atoms with E-state index in [1.807, 2.05) is 60.7 Å². The van der Waals surface area contributed by atoms with Gasteiger partial charge in [-0.2, -0.15) is 0 Å². The van der Waals surface area contributed by atoms with Gasteiger partial charge in [0.2, 0.25) is 0 Å². The molecule has 0 fully saturated rings. The van der Waals surface area contributed by atoms with Crippen LogP contribution >= 0.6 is 0 Å². The van der Waals surface area contributed by atoms with Crippen molar-refractivity contribution in [3.63, 3.8) is 0 Å². The number of rotatable bonds is 9. The van der Waals surface area contributed by atoms with E-state index in [-0.39, 0.29) is 38.8 Å². The van der Waals surface area contributed by atoms with Crippen LogP contribution in [0, 0.1) is 0 Å². The second-order valence-electron chi connectivity index (χ2n) is 6.64. The molecule has 31 heavy (non-hydrogen) atoms. The summed E-state index contributed by atoms with van der Waals surface area (Å²) in [6.45, 7) is 2.22. The van der Waals surface area contributed by atoms with Crippen LogP contribution in [0.5, 0.6) is 0 Å². The SMILES string of the molecule is CCOC(=O)CCCN(C(=O)OCc1ccccc1)N(C)C(=O)OCc1ccccc1. The molecule has 0 aliphatic carbocycles. The lowest BCUT2D eigenvalue weighted by molar-refractivity contribution is -0.143. The van der Waals surface area contributed by atoms with Crippen LogP contribution in [-0.2, 0) is 32.2 Å². The molecule has 0 atom stereocenters. The van der Waals surface area contributed by atoms with E-state index in [1.165, 1.54) is 7.05 Å². The molecule has 0 N–H and O–H groups in total. The lowest BCUT2D eigenvalue weighted by atomic mass is 10.2. The second-order valence-corrected chi connectivity index (χ2v) is 6.64. The van der Waals surface area contributed by atoms with Gasteiger partial charge in [0, 0.05) is 20.0 Å². The monoisotopic (exact) mass is 428 g/mol. The Labute approximate surface area is 182 Å². The number of hydrogen-bond acceptors (Lipinski definition) is 6. The predicted molar refractivity (Wildman–Crippen MR) is 114 cm³/mol. The Kier molecular flexibility index (Phi) is 9.87. The van der Waals surface area contributed by atoms with Gasteiger partial charge in [0.15, 0.2) is 0 Å². The van der Waals surface area contributed by atoms with Crippen molar-refractivity contribution >= 4 is 18.2 Å². The molecule has 0 aliphatic heterocycles. The number of carbonyl (C=O) groups is 3. The molecule has 8 heteroatoms. The summed E-state index contributed by atoms with van der Waals surface area (Å²) < 4.78 is 15.6. The molecule has 2 rings (SSSR count). The van der Waals surface area contributed by atoms with E-state index in [0.29, 0.717) is 6.42 Å². The largest absolute Gasteiger partial charge is 0.466 e. The van der Waals surface area contributed by atoms with Crippen LogP contribution in [-0.4, -0.2) is 48.4 Å². The topological polar surface area (TPSA) is 85.4 Å². The zero-order valence-corrected chi connectivity index (χ0v) is 17.9. The van der Waals surface area contributed by atoms with Gasteiger partial charge >= 0.3 is 18.2 Å². The maximum Gasteiger partial charge on any atom is 0.429 e. The van der Waals surface area contributed by atoms with Crippen LogP contribution in [0.1, 0.15) is 30.9 Å². The van der Waals surface area contributed by atoms with Crippen LogP contribution in [0.15, 0.2) is 60.7 Å². The van der Waals surface area contributed by atoms with Gasteiger partial charge in [-0.1, -0.05) is 60.7 Å². The predicted octanol–water partition coefficient (Wildman–Crippen LogP) is 4.15. The highest BCUT2D eigenvalue weighted by Gasteiger charge is 2.25. The van der Waals surface area contributed by atoms with Gasteiger partial charge in [0.1, 0.15) is 13.2 Å². The van der Waals surface area contributed by atoms with E-state index in [1.54, 1.807) is 6.92 Å². The van der Waals surface area contributed by atoms with E-state index >= 15 is 0 Å².